The Morgan fingerprint density at radius 2 is 2.20 bits per heavy atom. The van der Waals surface area contributed by atoms with Crippen molar-refractivity contribution in [1.82, 2.24) is 4.98 Å². The van der Waals surface area contributed by atoms with Gasteiger partial charge in [-0.15, -0.1) is 11.8 Å². The maximum absolute atomic E-state index is 13.6. The van der Waals surface area contributed by atoms with Crippen LogP contribution in [0.25, 0.3) is 10.2 Å². The minimum absolute atomic E-state index is 0.0391. The summed E-state index contributed by atoms with van der Waals surface area (Å²) in [4.78, 5) is 21.2. The van der Waals surface area contributed by atoms with Crippen molar-refractivity contribution in [3.8, 4) is 5.75 Å². The number of amides is 1. The van der Waals surface area contributed by atoms with E-state index in [-0.39, 0.29) is 12.0 Å². The van der Waals surface area contributed by atoms with Gasteiger partial charge < -0.3 is 9.47 Å². The molecule has 1 amide bonds. The Bertz CT molecular complexity index is 1030. The summed E-state index contributed by atoms with van der Waals surface area (Å²) in [6.45, 7) is 5.57. The van der Waals surface area contributed by atoms with Crippen LogP contribution in [0.5, 0.6) is 5.75 Å². The van der Waals surface area contributed by atoms with Crippen molar-refractivity contribution in [1.29, 1.82) is 0 Å². The molecule has 5 nitrogen and oxygen atoms in total. The van der Waals surface area contributed by atoms with Gasteiger partial charge in [0.2, 0.25) is 0 Å². The van der Waals surface area contributed by atoms with Crippen LogP contribution in [0.3, 0.4) is 0 Å². The molecule has 1 atom stereocenters. The maximum Gasteiger partial charge on any atom is 0.260 e. The topological polar surface area (TPSA) is 51.7 Å². The summed E-state index contributed by atoms with van der Waals surface area (Å²) >= 11 is 3.28. The number of hydrogen-bond donors (Lipinski definition) is 0. The third-order valence-corrected chi connectivity index (χ3v) is 6.98. The molecule has 2 aromatic carbocycles. The third kappa shape index (κ3) is 4.79. The van der Waals surface area contributed by atoms with E-state index in [1.807, 2.05) is 36.4 Å². The summed E-state index contributed by atoms with van der Waals surface area (Å²) in [5.41, 5.74) is 1.51. The number of fused-ring (bicyclic) bond motifs is 1. The van der Waals surface area contributed by atoms with Crippen LogP contribution in [0.4, 0.5) is 5.13 Å². The van der Waals surface area contributed by atoms with Crippen molar-refractivity contribution >= 4 is 44.4 Å². The number of aromatic nitrogens is 1. The Morgan fingerprint density at radius 3 is 2.93 bits per heavy atom. The van der Waals surface area contributed by atoms with Crippen molar-refractivity contribution in [3.05, 3.63) is 48.0 Å². The number of anilines is 1. The second kappa shape index (κ2) is 9.37. The van der Waals surface area contributed by atoms with Gasteiger partial charge in [0, 0.05) is 28.4 Å². The summed E-state index contributed by atoms with van der Waals surface area (Å²) in [6.07, 6.45) is 2.04. The molecular weight excluding hydrogens is 416 g/mol. The minimum atomic E-state index is -0.0391. The van der Waals surface area contributed by atoms with E-state index in [4.69, 9.17) is 14.5 Å². The third-order valence-electron chi connectivity index (χ3n) is 4.92. The standard InChI is InChI=1S/C23H26N2O3S2/c1-15(2)29-19-8-4-6-16(12-19)22(26)25(14-18-7-5-11-28-18)23-24-20-13-17(27-3)9-10-21(20)30-23/h4,6,8-10,12-13,15,18H,5,7,11,14H2,1-3H3. The molecule has 1 aromatic heterocycles. The molecular formula is C23H26N2O3S2. The van der Waals surface area contributed by atoms with Crippen molar-refractivity contribution < 1.29 is 14.3 Å². The van der Waals surface area contributed by atoms with Crippen LogP contribution >= 0.6 is 23.1 Å². The Morgan fingerprint density at radius 1 is 1.33 bits per heavy atom. The van der Waals surface area contributed by atoms with Gasteiger partial charge in [0.1, 0.15) is 5.75 Å². The lowest BCUT2D eigenvalue weighted by Gasteiger charge is -2.23. The average molecular weight is 443 g/mol. The first kappa shape index (κ1) is 21.2. The lowest BCUT2D eigenvalue weighted by molar-refractivity contribution is 0.0917. The van der Waals surface area contributed by atoms with Gasteiger partial charge in [0.25, 0.3) is 5.91 Å². The fourth-order valence-corrected chi connectivity index (χ4v) is 5.36. The summed E-state index contributed by atoms with van der Waals surface area (Å²) in [5, 5.41) is 1.15. The van der Waals surface area contributed by atoms with Crippen LogP contribution in [0, 0.1) is 0 Å². The second-order valence-corrected chi connectivity index (χ2v) is 10.2. The van der Waals surface area contributed by atoms with Gasteiger partial charge >= 0.3 is 0 Å². The van der Waals surface area contributed by atoms with Crippen LogP contribution in [0.2, 0.25) is 0 Å². The number of carbonyl (C=O) groups is 1. The van der Waals surface area contributed by atoms with Crippen LogP contribution in [0.1, 0.15) is 37.0 Å². The molecule has 3 aromatic rings. The molecule has 2 heterocycles. The SMILES string of the molecule is COc1ccc2sc(N(CC3CCCO3)C(=O)c3cccc(SC(C)C)c3)nc2c1. The van der Waals surface area contributed by atoms with Gasteiger partial charge in [-0.05, 0) is 43.2 Å². The van der Waals surface area contributed by atoms with E-state index < -0.39 is 0 Å². The molecule has 0 radical (unpaired) electrons. The molecule has 0 aliphatic carbocycles. The van der Waals surface area contributed by atoms with Gasteiger partial charge in [0.05, 0.1) is 30.0 Å². The fourth-order valence-electron chi connectivity index (χ4n) is 3.51. The highest BCUT2D eigenvalue weighted by molar-refractivity contribution is 7.99. The van der Waals surface area contributed by atoms with Gasteiger partial charge in [0.15, 0.2) is 5.13 Å². The highest BCUT2D eigenvalue weighted by Gasteiger charge is 2.27. The molecule has 1 aliphatic rings. The summed E-state index contributed by atoms with van der Waals surface area (Å²) < 4.78 is 12.2. The number of rotatable bonds is 7. The van der Waals surface area contributed by atoms with Crippen molar-refractivity contribution in [2.45, 2.75) is 42.9 Å². The minimum Gasteiger partial charge on any atom is -0.497 e. The Hall–Kier alpha value is -2.09. The number of carbonyl (C=O) groups excluding carboxylic acids is 1. The molecule has 0 N–H and O–H groups in total. The van der Waals surface area contributed by atoms with Crippen LogP contribution in [-0.2, 0) is 4.74 Å². The van der Waals surface area contributed by atoms with Crippen LogP contribution in [0.15, 0.2) is 47.4 Å². The summed E-state index contributed by atoms with van der Waals surface area (Å²) in [6, 6.07) is 13.7. The Labute approximate surface area is 185 Å². The van der Waals surface area contributed by atoms with E-state index >= 15 is 0 Å². The monoisotopic (exact) mass is 442 g/mol. The maximum atomic E-state index is 13.6. The lowest BCUT2D eigenvalue weighted by atomic mass is 10.2. The molecule has 1 fully saturated rings. The Kier molecular flexibility index (Phi) is 6.61. The van der Waals surface area contributed by atoms with Gasteiger partial charge in [-0.1, -0.05) is 31.3 Å². The fraction of sp³-hybridized carbons (Fsp3) is 0.391. The number of hydrogen-bond acceptors (Lipinski definition) is 6. The van der Waals surface area contributed by atoms with E-state index in [0.29, 0.717) is 22.5 Å². The predicted octanol–water partition coefficient (Wildman–Crippen LogP) is 5.63. The molecule has 158 valence electrons. The molecule has 1 saturated heterocycles. The zero-order chi connectivity index (χ0) is 21.1. The first-order valence-corrected chi connectivity index (χ1v) is 11.9. The Balaban J connectivity index is 1.68. The molecule has 1 unspecified atom stereocenters. The van der Waals surface area contributed by atoms with E-state index in [2.05, 4.69) is 19.9 Å². The molecule has 0 spiro atoms. The molecule has 0 bridgehead atoms. The first-order valence-electron chi connectivity index (χ1n) is 10.2. The number of thioether (sulfide) groups is 1. The first-order chi connectivity index (χ1) is 14.5. The summed E-state index contributed by atoms with van der Waals surface area (Å²) in [7, 11) is 1.64. The predicted molar refractivity (Wildman–Crippen MR) is 124 cm³/mol. The zero-order valence-electron chi connectivity index (χ0n) is 17.5. The largest absolute Gasteiger partial charge is 0.497 e. The van der Waals surface area contributed by atoms with Gasteiger partial charge in [-0.3, -0.25) is 9.69 Å². The highest BCUT2D eigenvalue weighted by Crippen LogP contribution is 2.33. The van der Waals surface area contributed by atoms with E-state index in [0.717, 1.165) is 40.3 Å². The molecule has 7 heteroatoms. The smallest absolute Gasteiger partial charge is 0.260 e. The average Bonchev–Trinajstić information content (AvgIpc) is 3.40. The van der Waals surface area contributed by atoms with Crippen molar-refractivity contribution in [2.75, 3.05) is 25.2 Å². The van der Waals surface area contributed by atoms with E-state index in [9.17, 15) is 4.79 Å². The number of thiazole rings is 1. The highest BCUT2D eigenvalue weighted by atomic mass is 32.2. The number of benzene rings is 2. The van der Waals surface area contributed by atoms with Crippen molar-refractivity contribution in [3.63, 3.8) is 0 Å². The summed E-state index contributed by atoms with van der Waals surface area (Å²) in [5.74, 6) is 0.720. The molecule has 1 aliphatic heterocycles. The second-order valence-electron chi connectivity index (χ2n) is 7.58. The molecule has 30 heavy (non-hydrogen) atoms. The van der Waals surface area contributed by atoms with E-state index in [1.165, 1.54) is 11.3 Å². The normalized spacial score (nSPS) is 16.3. The zero-order valence-corrected chi connectivity index (χ0v) is 19.1. The number of nitrogens with zero attached hydrogens (tertiary/aromatic N) is 2. The van der Waals surface area contributed by atoms with Gasteiger partial charge in [-0.25, -0.2) is 4.98 Å². The lowest BCUT2D eigenvalue weighted by Crippen LogP contribution is -2.37. The van der Waals surface area contributed by atoms with E-state index in [1.54, 1.807) is 23.8 Å². The van der Waals surface area contributed by atoms with Crippen LogP contribution in [-0.4, -0.2) is 42.5 Å². The van der Waals surface area contributed by atoms with Gasteiger partial charge in [-0.2, -0.15) is 0 Å². The van der Waals surface area contributed by atoms with Crippen LogP contribution < -0.4 is 9.64 Å². The molecule has 0 saturated carbocycles. The number of ether oxygens (including phenoxy) is 2. The van der Waals surface area contributed by atoms with Crippen molar-refractivity contribution in [2.24, 2.45) is 0 Å². The molecule has 4 rings (SSSR count). The number of methoxy groups -OCH3 is 1. The quantitative estimate of drug-likeness (QED) is 0.444.